The van der Waals surface area contributed by atoms with Gasteiger partial charge in [0.2, 0.25) is 0 Å². The summed E-state index contributed by atoms with van der Waals surface area (Å²) in [6, 6.07) is 8.48. The van der Waals surface area contributed by atoms with E-state index in [9.17, 15) is 0 Å². The number of rotatable bonds is 1. The van der Waals surface area contributed by atoms with Crippen molar-refractivity contribution in [1.82, 2.24) is 4.98 Å². The minimum Gasteiger partial charge on any atom is -0.260 e. The maximum atomic E-state index is 4.31. The van der Waals surface area contributed by atoms with Crippen LogP contribution in [0.2, 0.25) is 0 Å². The fourth-order valence-corrected chi connectivity index (χ4v) is 2.05. The second-order valence-corrected chi connectivity index (χ2v) is 4.61. The van der Waals surface area contributed by atoms with E-state index in [1.807, 2.05) is 6.20 Å². The summed E-state index contributed by atoms with van der Waals surface area (Å²) in [5.41, 5.74) is 1.08. The summed E-state index contributed by atoms with van der Waals surface area (Å²) >= 11 is 5.72. The van der Waals surface area contributed by atoms with Crippen molar-refractivity contribution >= 4 is 49.3 Å². The van der Waals surface area contributed by atoms with Crippen LogP contribution in [0.3, 0.4) is 0 Å². The zero-order valence-electron chi connectivity index (χ0n) is 6.80. The fraction of sp³-hybridized carbons (Fsp3) is 0.100. The van der Waals surface area contributed by atoms with E-state index < -0.39 is 0 Å². The number of hydrogen-bond acceptors (Lipinski definition) is 1. The zero-order chi connectivity index (χ0) is 9.26. The molecule has 0 aliphatic rings. The first-order valence-corrected chi connectivity index (χ1v) is 6.10. The van der Waals surface area contributed by atoms with Crippen LogP contribution in [0.15, 0.2) is 30.5 Å². The molecule has 0 bridgehead atoms. The predicted octanol–water partition coefficient (Wildman–Crippen LogP) is 3.73. The Morgan fingerprint density at radius 3 is 2.85 bits per heavy atom. The van der Waals surface area contributed by atoms with Crippen molar-refractivity contribution in [2.75, 3.05) is 0 Å². The molecule has 0 aliphatic heterocycles. The molecule has 0 aliphatic carbocycles. The Labute approximate surface area is 98.8 Å². The highest BCUT2D eigenvalue weighted by molar-refractivity contribution is 14.1. The van der Waals surface area contributed by atoms with Crippen LogP contribution in [0.4, 0.5) is 0 Å². The highest BCUT2D eigenvalue weighted by atomic mass is 127. The van der Waals surface area contributed by atoms with E-state index in [1.54, 1.807) is 0 Å². The van der Waals surface area contributed by atoms with Crippen LogP contribution in [-0.4, -0.2) is 4.98 Å². The molecule has 0 spiro atoms. The Morgan fingerprint density at radius 2 is 2.08 bits per heavy atom. The third-order valence-corrected chi connectivity index (χ3v) is 3.12. The average Bonchev–Trinajstić information content (AvgIpc) is 2.16. The molecule has 1 aromatic heterocycles. The predicted molar refractivity (Wildman–Crippen MR) is 67.1 cm³/mol. The SMILES string of the molecule is BrCc1cc2cc(I)ccc2cn1. The molecule has 2 rings (SSSR count). The maximum Gasteiger partial charge on any atom is 0.0515 e. The van der Waals surface area contributed by atoms with Gasteiger partial charge in [0.05, 0.1) is 5.69 Å². The number of halogens is 2. The van der Waals surface area contributed by atoms with E-state index in [2.05, 4.69) is 67.8 Å². The highest BCUT2D eigenvalue weighted by Gasteiger charge is 1.97. The van der Waals surface area contributed by atoms with Crippen molar-refractivity contribution in [2.24, 2.45) is 0 Å². The first kappa shape index (κ1) is 9.40. The molecule has 1 heterocycles. The average molecular weight is 348 g/mol. The zero-order valence-corrected chi connectivity index (χ0v) is 10.5. The molecular formula is C10H7BrIN. The standard InChI is InChI=1S/C10H7BrIN/c11-5-10-4-8-3-9(12)2-1-7(8)6-13-10/h1-4,6H,5H2. The Hall–Kier alpha value is -0.160. The smallest absolute Gasteiger partial charge is 0.0515 e. The lowest BCUT2D eigenvalue weighted by Gasteiger charge is -2.00. The van der Waals surface area contributed by atoms with Gasteiger partial charge in [0, 0.05) is 20.5 Å². The number of nitrogens with zero attached hydrogens (tertiary/aromatic N) is 1. The van der Waals surface area contributed by atoms with Crippen molar-refractivity contribution in [3.05, 3.63) is 39.7 Å². The van der Waals surface area contributed by atoms with Crippen LogP contribution >= 0.6 is 38.5 Å². The van der Waals surface area contributed by atoms with Crippen LogP contribution in [-0.2, 0) is 5.33 Å². The van der Waals surface area contributed by atoms with Crippen molar-refractivity contribution in [2.45, 2.75) is 5.33 Å². The minimum atomic E-state index is 0.814. The monoisotopic (exact) mass is 347 g/mol. The van der Waals surface area contributed by atoms with Crippen LogP contribution in [0.1, 0.15) is 5.69 Å². The lowest BCUT2D eigenvalue weighted by molar-refractivity contribution is 1.21. The molecular weight excluding hydrogens is 341 g/mol. The Bertz CT molecular complexity index is 442. The first-order valence-electron chi connectivity index (χ1n) is 3.90. The Kier molecular flexibility index (Phi) is 2.83. The van der Waals surface area contributed by atoms with Gasteiger partial charge < -0.3 is 0 Å². The number of alkyl halides is 1. The largest absolute Gasteiger partial charge is 0.260 e. The number of hydrogen-bond donors (Lipinski definition) is 0. The second kappa shape index (κ2) is 3.92. The highest BCUT2D eigenvalue weighted by Crippen LogP contribution is 2.18. The molecule has 0 unspecified atom stereocenters. The first-order chi connectivity index (χ1) is 6.29. The molecule has 3 heteroatoms. The van der Waals surface area contributed by atoms with E-state index in [1.165, 1.54) is 14.3 Å². The van der Waals surface area contributed by atoms with Gasteiger partial charge >= 0.3 is 0 Å². The lowest BCUT2D eigenvalue weighted by Crippen LogP contribution is -1.84. The molecule has 66 valence electrons. The quantitative estimate of drug-likeness (QED) is 0.565. The third kappa shape index (κ3) is 2.02. The van der Waals surface area contributed by atoms with E-state index in [0.717, 1.165) is 11.0 Å². The molecule has 13 heavy (non-hydrogen) atoms. The van der Waals surface area contributed by atoms with Crippen LogP contribution in [0.25, 0.3) is 10.8 Å². The third-order valence-electron chi connectivity index (χ3n) is 1.88. The van der Waals surface area contributed by atoms with E-state index in [-0.39, 0.29) is 0 Å². The van der Waals surface area contributed by atoms with E-state index in [0.29, 0.717) is 0 Å². The van der Waals surface area contributed by atoms with Gasteiger partial charge in [-0.25, -0.2) is 0 Å². The van der Waals surface area contributed by atoms with Crippen molar-refractivity contribution < 1.29 is 0 Å². The molecule has 0 atom stereocenters. The second-order valence-electron chi connectivity index (χ2n) is 2.80. The van der Waals surface area contributed by atoms with Crippen LogP contribution < -0.4 is 0 Å². The summed E-state index contributed by atoms with van der Waals surface area (Å²) in [6.07, 6.45) is 1.92. The summed E-state index contributed by atoms with van der Waals surface area (Å²) in [5.74, 6) is 0. The van der Waals surface area contributed by atoms with Crippen molar-refractivity contribution in [3.8, 4) is 0 Å². The molecule has 0 N–H and O–H groups in total. The number of benzene rings is 1. The van der Waals surface area contributed by atoms with Gasteiger partial charge in [0.25, 0.3) is 0 Å². The molecule has 2 aromatic rings. The molecule has 1 aromatic carbocycles. The summed E-state index contributed by atoms with van der Waals surface area (Å²) < 4.78 is 1.26. The summed E-state index contributed by atoms with van der Waals surface area (Å²) in [7, 11) is 0. The molecule has 0 saturated carbocycles. The summed E-state index contributed by atoms with van der Waals surface area (Å²) in [6.45, 7) is 0. The van der Waals surface area contributed by atoms with Gasteiger partial charge in [-0.05, 0) is 46.2 Å². The molecule has 1 nitrogen and oxygen atoms in total. The number of pyridine rings is 1. The van der Waals surface area contributed by atoms with Gasteiger partial charge in [-0.2, -0.15) is 0 Å². The Morgan fingerprint density at radius 1 is 1.23 bits per heavy atom. The molecule has 0 saturated heterocycles. The van der Waals surface area contributed by atoms with Gasteiger partial charge in [0.15, 0.2) is 0 Å². The van der Waals surface area contributed by atoms with E-state index >= 15 is 0 Å². The number of aromatic nitrogens is 1. The van der Waals surface area contributed by atoms with Gasteiger partial charge in [-0.3, -0.25) is 4.98 Å². The number of fused-ring (bicyclic) bond motifs is 1. The van der Waals surface area contributed by atoms with Crippen LogP contribution in [0.5, 0.6) is 0 Å². The fourth-order valence-electron chi connectivity index (χ4n) is 1.23. The normalized spacial score (nSPS) is 10.6. The van der Waals surface area contributed by atoms with E-state index in [4.69, 9.17) is 0 Å². The minimum absolute atomic E-state index is 0.814. The topological polar surface area (TPSA) is 12.9 Å². The van der Waals surface area contributed by atoms with Gasteiger partial charge in [-0.1, -0.05) is 22.0 Å². The van der Waals surface area contributed by atoms with Gasteiger partial charge in [-0.15, -0.1) is 0 Å². The molecule has 0 fully saturated rings. The summed E-state index contributed by atoms with van der Waals surface area (Å²) in [5, 5.41) is 3.27. The van der Waals surface area contributed by atoms with Gasteiger partial charge in [0.1, 0.15) is 0 Å². The lowest BCUT2D eigenvalue weighted by atomic mass is 10.1. The maximum absolute atomic E-state index is 4.31. The van der Waals surface area contributed by atoms with Crippen molar-refractivity contribution in [1.29, 1.82) is 0 Å². The molecule has 0 amide bonds. The molecule has 0 radical (unpaired) electrons. The Balaban J connectivity index is 2.68. The summed E-state index contributed by atoms with van der Waals surface area (Å²) in [4.78, 5) is 4.31. The van der Waals surface area contributed by atoms with Crippen molar-refractivity contribution in [3.63, 3.8) is 0 Å². The van der Waals surface area contributed by atoms with Crippen LogP contribution in [0, 0.1) is 3.57 Å².